The summed E-state index contributed by atoms with van der Waals surface area (Å²) in [5.41, 5.74) is 2.60. The van der Waals surface area contributed by atoms with E-state index in [0.29, 0.717) is 0 Å². The lowest BCUT2D eigenvalue weighted by Crippen LogP contribution is -2.53. The average molecular weight is 451 g/mol. The Hall–Kier alpha value is -1.26. The Morgan fingerprint density at radius 2 is 1.75 bits per heavy atom. The first kappa shape index (κ1) is 24.8. The lowest BCUT2D eigenvalue weighted by atomic mass is 10.0. The molecule has 16 nitrogen and oxygen atoms in total. The van der Waals surface area contributed by atoms with Gasteiger partial charge in [-0.3, -0.25) is 4.57 Å². The number of phosphoric acid groups is 2. The summed E-state index contributed by atoms with van der Waals surface area (Å²) in [5.74, 6) is -0.0268. The van der Waals surface area contributed by atoms with Crippen molar-refractivity contribution in [2.24, 2.45) is 0 Å². The maximum Gasteiger partial charge on any atom is 0.478 e. The zero-order valence-corrected chi connectivity index (χ0v) is 15.6. The van der Waals surface area contributed by atoms with Gasteiger partial charge in [0.05, 0.1) is 13.2 Å². The summed E-state index contributed by atoms with van der Waals surface area (Å²) in [6.45, 7) is -1.36. The molecule has 1 aliphatic heterocycles. The third kappa shape index (κ3) is 6.12. The molecule has 0 spiro atoms. The number of nitrogen functional groups attached to an aromatic ring is 1. The maximum absolute atomic E-state index is 11.8. The van der Waals surface area contributed by atoms with E-state index in [0.717, 1.165) is 4.57 Å². The minimum Gasteiger partial charge on any atom is -0.394 e. The highest BCUT2D eigenvalue weighted by Crippen LogP contribution is 2.53. The molecule has 1 aromatic rings. The Balaban J connectivity index is 0.000000370. The van der Waals surface area contributed by atoms with Crippen LogP contribution in [0.1, 0.15) is 0 Å². The van der Waals surface area contributed by atoms with Gasteiger partial charge in [0.25, 0.3) is 0 Å². The second-order valence-corrected chi connectivity index (χ2v) is 7.96. The van der Waals surface area contributed by atoms with Crippen molar-refractivity contribution in [2.75, 3.05) is 18.9 Å². The van der Waals surface area contributed by atoms with E-state index in [1.165, 1.54) is 12.3 Å². The van der Waals surface area contributed by atoms with Crippen LogP contribution in [0.25, 0.3) is 0 Å². The van der Waals surface area contributed by atoms with Crippen LogP contribution in [0, 0.1) is 0 Å². The number of hydrogen-bond donors (Lipinski definition) is 9. The van der Waals surface area contributed by atoms with E-state index in [1.807, 2.05) is 0 Å². The molecule has 162 valence electrons. The van der Waals surface area contributed by atoms with Gasteiger partial charge in [-0.2, -0.15) is 9.29 Å². The Bertz CT molecular complexity index is 801. The van der Waals surface area contributed by atoms with E-state index in [4.69, 9.17) is 35.2 Å². The van der Waals surface area contributed by atoms with E-state index < -0.39 is 58.6 Å². The van der Waals surface area contributed by atoms with E-state index >= 15 is 0 Å². The Labute approximate surface area is 155 Å². The zero-order chi connectivity index (χ0) is 21.9. The Morgan fingerprint density at radius 3 is 2.07 bits per heavy atom. The van der Waals surface area contributed by atoms with Crippen LogP contribution in [0.2, 0.25) is 0 Å². The molecule has 2 rings (SSSR count). The van der Waals surface area contributed by atoms with Gasteiger partial charge in [0, 0.05) is 6.20 Å². The van der Waals surface area contributed by atoms with Gasteiger partial charge in [0.2, 0.25) is 5.72 Å². The summed E-state index contributed by atoms with van der Waals surface area (Å²) in [7, 11) is -10.1. The smallest absolute Gasteiger partial charge is 0.394 e. The summed E-state index contributed by atoms with van der Waals surface area (Å²) in [6.07, 6.45) is -2.97. The fourth-order valence-electron chi connectivity index (χ4n) is 2.27. The fourth-order valence-corrected chi connectivity index (χ4v) is 3.37. The van der Waals surface area contributed by atoms with Gasteiger partial charge in [0.1, 0.15) is 24.1 Å². The molecule has 1 aliphatic rings. The molecular formula is C10H19N3O13P2. The summed E-state index contributed by atoms with van der Waals surface area (Å²) in [6, 6.07) is 1.29. The van der Waals surface area contributed by atoms with Crippen molar-refractivity contribution in [3.05, 3.63) is 22.7 Å². The molecule has 18 heteroatoms. The van der Waals surface area contributed by atoms with Gasteiger partial charge in [-0.15, -0.1) is 0 Å². The van der Waals surface area contributed by atoms with Crippen LogP contribution < -0.4 is 11.4 Å². The van der Waals surface area contributed by atoms with Crippen molar-refractivity contribution in [3.63, 3.8) is 0 Å². The van der Waals surface area contributed by atoms with Gasteiger partial charge in [-0.05, 0) is 6.07 Å². The minimum absolute atomic E-state index is 0.0268. The van der Waals surface area contributed by atoms with Crippen molar-refractivity contribution in [3.8, 4) is 0 Å². The first-order valence-electron chi connectivity index (χ1n) is 7.10. The Morgan fingerprint density at radius 1 is 1.21 bits per heavy atom. The molecule has 4 atom stereocenters. The van der Waals surface area contributed by atoms with Crippen molar-refractivity contribution in [1.29, 1.82) is 0 Å². The number of nitrogens with zero attached hydrogens (tertiary/aromatic N) is 2. The number of aromatic nitrogens is 2. The van der Waals surface area contributed by atoms with E-state index in [9.17, 15) is 29.2 Å². The van der Waals surface area contributed by atoms with Gasteiger partial charge in [0.15, 0.2) is 0 Å². The van der Waals surface area contributed by atoms with Crippen LogP contribution in [0.15, 0.2) is 17.1 Å². The molecule has 1 saturated heterocycles. The van der Waals surface area contributed by atoms with Gasteiger partial charge in [-0.1, -0.05) is 0 Å². The fraction of sp³-hybridized carbons (Fsp3) is 0.600. The number of hydrogen-bond acceptors (Lipinski definition) is 11. The lowest BCUT2D eigenvalue weighted by molar-refractivity contribution is -0.174. The number of nitrogens with two attached hydrogens (primary N) is 1. The molecule has 0 aliphatic carbocycles. The van der Waals surface area contributed by atoms with Crippen molar-refractivity contribution >= 4 is 21.5 Å². The monoisotopic (exact) mass is 451 g/mol. The lowest BCUT2D eigenvalue weighted by Gasteiger charge is -2.31. The molecule has 28 heavy (non-hydrogen) atoms. The third-order valence-electron chi connectivity index (χ3n) is 3.37. The second-order valence-electron chi connectivity index (χ2n) is 5.35. The highest BCUT2D eigenvalue weighted by atomic mass is 31.3. The molecule has 0 aromatic carbocycles. The quantitative estimate of drug-likeness (QED) is 0.192. The number of aliphatic hydroxyl groups is 4. The molecular weight excluding hydrogens is 432 g/mol. The largest absolute Gasteiger partial charge is 0.478 e. The highest BCUT2D eigenvalue weighted by molar-refractivity contribution is 7.60. The maximum atomic E-state index is 11.8. The zero-order valence-electron chi connectivity index (χ0n) is 13.8. The van der Waals surface area contributed by atoms with Gasteiger partial charge in [-0.25, -0.2) is 13.9 Å². The average Bonchev–Trinajstić information content (AvgIpc) is 2.77. The number of anilines is 1. The number of rotatable bonds is 5. The first-order chi connectivity index (χ1) is 12.7. The molecule has 1 fully saturated rings. The second kappa shape index (κ2) is 9.04. The molecule has 1 aromatic heterocycles. The van der Waals surface area contributed by atoms with Crippen LogP contribution >= 0.6 is 15.6 Å². The predicted molar refractivity (Wildman–Crippen MR) is 87.1 cm³/mol. The van der Waals surface area contributed by atoms with Gasteiger partial charge < -0.3 is 50.5 Å². The molecule has 0 unspecified atom stereocenters. The summed E-state index contributed by atoms with van der Waals surface area (Å²) in [4.78, 5) is 46.2. The van der Waals surface area contributed by atoms with E-state index in [1.54, 1.807) is 0 Å². The van der Waals surface area contributed by atoms with Crippen molar-refractivity contribution in [1.82, 2.24) is 9.55 Å². The van der Waals surface area contributed by atoms with Crippen LogP contribution in [0.3, 0.4) is 0 Å². The molecule has 0 bridgehead atoms. The van der Waals surface area contributed by atoms with Gasteiger partial charge >= 0.3 is 21.3 Å². The van der Waals surface area contributed by atoms with Crippen molar-refractivity contribution < 1.29 is 58.2 Å². The summed E-state index contributed by atoms with van der Waals surface area (Å²) in [5, 5.41) is 38.2. The number of ether oxygens (including phenoxy) is 1. The molecule has 0 saturated carbocycles. The Kier molecular flexibility index (Phi) is 8.00. The van der Waals surface area contributed by atoms with Crippen LogP contribution in [0.5, 0.6) is 0 Å². The normalized spacial score (nSPS) is 27.9. The SMILES string of the molecule is Nc1ccn([C@]2(CO)O[C@H](CO)[C@@H](O)[C@H]2O)c(=O)n1.O=P(O)(O)OP(=O)(O)O. The first-order valence-corrected chi connectivity index (χ1v) is 10.2. The van der Waals surface area contributed by atoms with E-state index in [2.05, 4.69) is 9.29 Å². The molecule has 2 heterocycles. The standard InChI is InChI=1S/C10H15N3O6.H4O7P2/c11-6-1-2-13(9(18)12-6)10(4-15)8(17)7(16)5(3-14)19-10;1-8(2,3)7-9(4,5)6/h1-2,5,7-8,14-17H,3-4H2,(H2,11,12,18);(H2,1,2,3)(H2,4,5,6)/t5-,7-,8-,10-;/m1./s1. The highest BCUT2D eigenvalue weighted by Gasteiger charge is 2.55. The van der Waals surface area contributed by atoms with Crippen LogP contribution in [-0.4, -0.2) is 81.1 Å². The van der Waals surface area contributed by atoms with Crippen molar-refractivity contribution in [2.45, 2.75) is 24.0 Å². The summed E-state index contributed by atoms with van der Waals surface area (Å²) >= 11 is 0. The van der Waals surface area contributed by atoms with Crippen LogP contribution in [0.4, 0.5) is 5.82 Å². The topological polar surface area (TPSA) is 275 Å². The molecule has 0 amide bonds. The minimum atomic E-state index is -5.05. The summed E-state index contributed by atoms with van der Waals surface area (Å²) < 4.78 is 28.3. The number of aliphatic hydroxyl groups excluding tert-OH is 4. The van der Waals surface area contributed by atoms with Crippen LogP contribution in [-0.2, 0) is 23.9 Å². The third-order valence-corrected chi connectivity index (χ3v) is 5.08. The predicted octanol–water partition coefficient (Wildman–Crippen LogP) is -4.23. The molecule has 10 N–H and O–H groups in total. The molecule has 0 radical (unpaired) electrons. The van der Waals surface area contributed by atoms with E-state index in [-0.39, 0.29) is 5.82 Å².